The largest absolute Gasteiger partial charge is 0.103 e. The lowest BCUT2D eigenvalue weighted by atomic mass is 9.97. The molecule has 0 N–H and O–H groups in total. The third kappa shape index (κ3) is 4.60. The van der Waals surface area contributed by atoms with Gasteiger partial charge in [0, 0.05) is 4.11 Å². The summed E-state index contributed by atoms with van der Waals surface area (Å²) >= 11 is 0. The molecule has 0 radical (unpaired) electrons. The molecule has 0 bridgehead atoms. The monoisotopic (exact) mass is 146 g/mol. The smallest absolute Gasteiger partial charge is 0.0570 e. The van der Waals surface area contributed by atoms with Crippen LogP contribution in [0, 0.1) is 5.92 Å². The topological polar surface area (TPSA) is 0 Å². The summed E-state index contributed by atoms with van der Waals surface area (Å²) < 4.78 is 44.2. The normalized spacial score (nSPS) is 23.1. The van der Waals surface area contributed by atoms with E-state index in [1.54, 1.807) is 0 Å². The second-order valence-corrected chi connectivity index (χ2v) is 2.39. The summed E-state index contributed by atoms with van der Waals surface area (Å²) in [5, 5.41) is 0. The van der Waals surface area contributed by atoms with Crippen LogP contribution in [-0.2, 0) is 0 Å². The molecule has 0 aliphatic heterocycles. The number of hydrogen-bond acceptors (Lipinski definition) is 0. The summed E-state index contributed by atoms with van der Waals surface area (Å²) in [5.41, 5.74) is 0. The second kappa shape index (κ2) is 6.85. The summed E-state index contributed by atoms with van der Waals surface area (Å²) in [5.74, 6) is 0.269. The van der Waals surface area contributed by atoms with Crippen molar-refractivity contribution in [2.24, 2.45) is 5.92 Å². The van der Waals surface area contributed by atoms with E-state index in [9.17, 15) is 0 Å². The molecular formula is C10H20. The minimum absolute atomic E-state index is 0.269. The Morgan fingerprint density at radius 1 is 1.70 bits per heavy atom. The van der Waals surface area contributed by atoms with Crippen molar-refractivity contribution >= 4 is 0 Å². The molecule has 0 aromatic carbocycles. The summed E-state index contributed by atoms with van der Waals surface area (Å²) in [4.78, 5) is 0. The molecule has 0 rings (SSSR count). The first-order chi connectivity index (χ1) is 7.27. The predicted molar refractivity (Wildman–Crippen MR) is 48.1 cm³/mol. The van der Waals surface area contributed by atoms with Crippen molar-refractivity contribution in [3.63, 3.8) is 0 Å². The third-order valence-electron chi connectivity index (χ3n) is 1.78. The molecule has 0 saturated carbocycles. The van der Waals surface area contributed by atoms with E-state index in [2.05, 4.69) is 0 Å². The van der Waals surface area contributed by atoms with Gasteiger partial charge in [0.1, 0.15) is 0 Å². The molecule has 1 unspecified atom stereocenters. The molecule has 0 aliphatic carbocycles. The van der Waals surface area contributed by atoms with E-state index in [1.165, 1.54) is 0 Å². The van der Waals surface area contributed by atoms with Crippen molar-refractivity contribution in [3.8, 4) is 0 Å². The average molecular weight is 146 g/mol. The van der Waals surface area contributed by atoms with E-state index < -0.39 is 25.4 Å². The number of hydrogen-bond donors (Lipinski definition) is 0. The molecule has 0 aromatic heterocycles. The highest BCUT2D eigenvalue weighted by Gasteiger charge is 2.00. The van der Waals surface area contributed by atoms with Crippen molar-refractivity contribution in [2.75, 3.05) is 0 Å². The van der Waals surface area contributed by atoms with E-state index in [0.29, 0.717) is 6.42 Å². The average Bonchev–Trinajstić information content (AvgIpc) is 2.23. The van der Waals surface area contributed by atoms with Gasteiger partial charge in [-0.25, -0.2) is 0 Å². The van der Waals surface area contributed by atoms with Gasteiger partial charge in [-0.15, -0.1) is 6.53 Å². The fraction of sp³-hybridized carbons (Fsp3) is 0.800. The lowest BCUT2D eigenvalue weighted by molar-refractivity contribution is 0.443. The lowest BCUT2D eigenvalue weighted by Crippen LogP contribution is -1.95. The first-order valence-corrected chi connectivity index (χ1v) is 3.84. The summed E-state index contributed by atoms with van der Waals surface area (Å²) in [7, 11) is 0. The van der Waals surface area contributed by atoms with Gasteiger partial charge < -0.3 is 0 Å². The quantitative estimate of drug-likeness (QED) is 0.500. The van der Waals surface area contributed by atoms with E-state index >= 15 is 0 Å². The summed E-state index contributed by atoms with van der Waals surface area (Å²) in [6.07, 6.45) is -1.13. The molecule has 0 fully saturated rings. The molecule has 0 spiro atoms. The van der Waals surface area contributed by atoms with Crippen LogP contribution >= 0.6 is 0 Å². The van der Waals surface area contributed by atoms with Gasteiger partial charge in [0.05, 0.1) is 4.11 Å². The van der Waals surface area contributed by atoms with Crippen molar-refractivity contribution < 1.29 is 8.22 Å². The van der Waals surface area contributed by atoms with Crippen LogP contribution in [0.1, 0.15) is 54.1 Å². The van der Waals surface area contributed by atoms with Crippen molar-refractivity contribution in [2.45, 2.75) is 45.9 Å². The van der Waals surface area contributed by atoms with E-state index in [1.807, 2.05) is 13.8 Å². The van der Waals surface area contributed by atoms with E-state index in [0.717, 1.165) is 12.8 Å². The van der Waals surface area contributed by atoms with Crippen LogP contribution < -0.4 is 0 Å². The fourth-order valence-corrected chi connectivity index (χ4v) is 0.899. The Labute approximate surface area is 73.8 Å². The first kappa shape index (κ1) is 3.42. The maximum absolute atomic E-state index is 7.74. The van der Waals surface area contributed by atoms with Crippen molar-refractivity contribution in [1.29, 1.82) is 0 Å². The molecule has 0 heterocycles. The van der Waals surface area contributed by atoms with Crippen LogP contribution in [0.25, 0.3) is 0 Å². The highest BCUT2D eigenvalue weighted by molar-refractivity contribution is 4.67. The minimum atomic E-state index is -2.19. The highest BCUT2D eigenvalue weighted by Crippen LogP contribution is 2.15. The van der Waals surface area contributed by atoms with Crippen LogP contribution in [0.2, 0.25) is 0 Å². The Hall–Kier alpha value is -0.260. The number of rotatable bonds is 6. The van der Waals surface area contributed by atoms with E-state index in [4.69, 9.17) is 8.22 Å². The Morgan fingerprint density at radius 3 is 2.90 bits per heavy atom. The minimum Gasteiger partial charge on any atom is -0.103 e. The summed E-state index contributed by atoms with van der Waals surface area (Å²) in [6.45, 7) is 3.15. The standard InChI is InChI=1S/C10H20/c1-4-7-8-9-10(5-2)6-3/h4,10H,1,5-9H2,2-3H3/i1D2,4D,7D2,8D. The first-order valence-electron chi connectivity index (χ1n) is 6.91. The molecule has 0 aromatic rings. The van der Waals surface area contributed by atoms with Crippen LogP contribution in [0.3, 0.4) is 0 Å². The highest BCUT2D eigenvalue weighted by atomic mass is 14.1. The van der Waals surface area contributed by atoms with Crippen LogP contribution in [0.5, 0.6) is 0 Å². The number of allylic oxidation sites excluding steroid dienone is 1. The zero-order chi connectivity index (χ0) is 12.9. The van der Waals surface area contributed by atoms with Gasteiger partial charge in [-0.2, -0.15) is 0 Å². The predicted octanol–water partition coefficient (Wildman–Crippen LogP) is 3.78. The molecule has 10 heavy (non-hydrogen) atoms. The molecule has 0 nitrogen and oxygen atoms in total. The molecule has 0 aliphatic rings. The zero-order valence-electron chi connectivity index (χ0n) is 12.8. The molecular weight excluding hydrogens is 120 g/mol. The van der Waals surface area contributed by atoms with Crippen molar-refractivity contribution in [3.05, 3.63) is 12.6 Å². The van der Waals surface area contributed by atoms with Gasteiger partial charge in [0.15, 0.2) is 0 Å². The zero-order valence-corrected chi connectivity index (χ0v) is 6.78. The third-order valence-corrected chi connectivity index (χ3v) is 1.78. The molecule has 60 valence electrons. The molecule has 0 heteroatoms. The van der Waals surface area contributed by atoms with Crippen LogP contribution in [0.15, 0.2) is 12.6 Å². The van der Waals surface area contributed by atoms with Gasteiger partial charge in [-0.05, 0) is 18.7 Å². The van der Waals surface area contributed by atoms with E-state index in [-0.39, 0.29) is 5.92 Å². The Balaban J connectivity index is 4.70. The lowest BCUT2D eigenvalue weighted by Gasteiger charge is -2.09. The van der Waals surface area contributed by atoms with Gasteiger partial charge in [-0.1, -0.05) is 39.2 Å². The molecule has 0 amide bonds. The van der Waals surface area contributed by atoms with Crippen LogP contribution in [-0.4, -0.2) is 0 Å². The molecule has 1 atom stereocenters. The summed E-state index contributed by atoms with van der Waals surface area (Å²) in [6, 6.07) is -0.696. The van der Waals surface area contributed by atoms with Crippen molar-refractivity contribution in [1.82, 2.24) is 0 Å². The van der Waals surface area contributed by atoms with Gasteiger partial charge in [0.2, 0.25) is 0 Å². The maximum Gasteiger partial charge on any atom is 0.0570 e. The SMILES string of the molecule is [2H]C([2H])=C([2H])C([2H])([2H])C([2H])CC(CC)CC. The van der Waals surface area contributed by atoms with Gasteiger partial charge in [-0.3, -0.25) is 0 Å². The molecule has 0 saturated heterocycles. The Morgan fingerprint density at radius 2 is 2.40 bits per heavy atom. The second-order valence-electron chi connectivity index (χ2n) is 2.39. The van der Waals surface area contributed by atoms with Gasteiger partial charge >= 0.3 is 0 Å². The Bertz CT molecular complexity index is 240. The maximum atomic E-state index is 7.74. The fourth-order valence-electron chi connectivity index (χ4n) is 0.899. The van der Waals surface area contributed by atoms with Gasteiger partial charge in [0.25, 0.3) is 0 Å². The Kier molecular flexibility index (Phi) is 2.35. The van der Waals surface area contributed by atoms with Crippen LogP contribution in [0.4, 0.5) is 0 Å².